The Morgan fingerprint density at radius 2 is 1.82 bits per heavy atom. The maximum absolute atomic E-state index is 12.4. The number of aromatic hydroxyl groups is 1. The highest BCUT2D eigenvalue weighted by Crippen LogP contribution is 2.33. The summed E-state index contributed by atoms with van der Waals surface area (Å²) in [5, 5.41) is 28.7. The Bertz CT molecular complexity index is 654. The van der Waals surface area contributed by atoms with Gasteiger partial charge in [0.25, 0.3) is 10.1 Å². The van der Waals surface area contributed by atoms with Gasteiger partial charge in [0, 0.05) is 6.07 Å². The third kappa shape index (κ3) is 3.23. The molecular weight excluding hydrogens is 312 g/mol. The van der Waals surface area contributed by atoms with Crippen molar-refractivity contribution in [1.82, 2.24) is 0 Å². The molecule has 22 heavy (non-hydrogen) atoms. The van der Waals surface area contributed by atoms with Gasteiger partial charge in [0.1, 0.15) is 10.6 Å². The minimum atomic E-state index is -4.51. The van der Waals surface area contributed by atoms with Crippen LogP contribution in [0.5, 0.6) is 5.75 Å². The van der Waals surface area contributed by atoms with E-state index in [9.17, 15) is 28.5 Å². The second-order valence-corrected chi connectivity index (χ2v) is 6.93. The molecule has 0 saturated heterocycles. The van der Waals surface area contributed by atoms with Crippen LogP contribution in [0.1, 0.15) is 26.3 Å². The Morgan fingerprint density at radius 3 is 2.23 bits per heavy atom. The van der Waals surface area contributed by atoms with Crippen LogP contribution in [0.2, 0.25) is 0 Å². The molecule has 0 amide bonds. The first-order valence-electron chi connectivity index (χ1n) is 6.62. The van der Waals surface area contributed by atoms with E-state index in [1.54, 1.807) is 0 Å². The lowest BCUT2D eigenvalue weighted by atomic mass is 9.86. The average Bonchev–Trinajstić information content (AvgIpc) is 2.37. The minimum Gasteiger partial charge on any atom is -0.508 e. The molecule has 2 unspecified atom stereocenters. The van der Waals surface area contributed by atoms with Gasteiger partial charge in [0.05, 0.1) is 6.10 Å². The standard InChI is InChI=1S/C14H20O7S/c1-8(2)14(10(4)15,13(17)18)21-22(19,20)12-7-11(16)6-5-9(12)3/h5-8,10,15-16H,1-4H3,(H,17,18). The average molecular weight is 332 g/mol. The number of benzene rings is 1. The first-order chi connectivity index (χ1) is 9.95. The van der Waals surface area contributed by atoms with Crippen molar-refractivity contribution in [2.24, 2.45) is 5.92 Å². The van der Waals surface area contributed by atoms with Gasteiger partial charge >= 0.3 is 5.97 Å². The van der Waals surface area contributed by atoms with Crippen LogP contribution in [-0.4, -0.2) is 41.4 Å². The number of carboxylic acids is 1. The quantitative estimate of drug-likeness (QED) is 0.671. The molecule has 1 aromatic carbocycles. The molecule has 1 aromatic rings. The summed E-state index contributed by atoms with van der Waals surface area (Å²) in [5.74, 6) is -2.70. The summed E-state index contributed by atoms with van der Waals surface area (Å²) in [6.45, 7) is 5.51. The number of hydrogen-bond acceptors (Lipinski definition) is 6. The molecule has 1 rings (SSSR count). The number of aliphatic carboxylic acids is 1. The van der Waals surface area contributed by atoms with Crippen molar-refractivity contribution in [3.63, 3.8) is 0 Å². The maximum Gasteiger partial charge on any atom is 0.340 e. The van der Waals surface area contributed by atoms with E-state index in [4.69, 9.17) is 4.18 Å². The Kier molecular flexibility index (Phi) is 5.21. The van der Waals surface area contributed by atoms with Gasteiger partial charge in [-0.1, -0.05) is 19.9 Å². The van der Waals surface area contributed by atoms with E-state index in [1.807, 2.05) is 0 Å². The first-order valence-corrected chi connectivity index (χ1v) is 8.02. The molecular formula is C14H20O7S. The Hall–Kier alpha value is -1.64. The van der Waals surface area contributed by atoms with E-state index < -0.39 is 33.7 Å². The number of phenolic OH excluding ortho intramolecular Hbond substituents is 1. The van der Waals surface area contributed by atoms with Crippen molar-refractivity contribution in [3.8, 4) is 5.75 Å². The van der Waals surface area contributed by atoms with E-state index in [2.05, 4.69) is 0 Å². The molecule has 0 aliphatic heterocycles. The van der Waals surface area contributed by atoms with Crippen LogP contribution in [0.25, 0.3) is 0 Å². The van der Waals surface area contributed by atoms with Gasteiger partial charge in [-0.15, -0.1) is 0 Å². The van der Waals surface area contributed by atoms with Crippen LogP contribution in [0, 0.1) is 12.8 Å². The Morgan fingerprint density at radius 1 is 1.27 bits per heavy atom. The lowest BCUT2D eigenvalue weighted by Gasteiger charge is -2.34. The summed E-state index contributed by atoms with van der Waals surface area (Å²) in [6.07, 6.45) is -1.57. The number of aliphatic hydroxyl groups excluding tert-OH is 1. The normalized spacial score (nSPS) is 16.3. The van der Waals surface area contributed by atoms with Crippen LogP contribution in [0.15, 0.2) is 23.1 Å². The van der Waals surface area contributed by atoms with Crippen LogP contribution >= 0.6 is 0 Å². The van der Waals surface area contributed by atoms with E-state index in [-0.39, 0.29) is 16.2 Å². The molecule has 0 aliphatic carbocycles. The molecule has 0 aliphatic rings. The molecule has 0 aromatic heterocycles. The summed E-state index contributed by atoms with van der Waals surface area (Å²) in [5.41, 5.74) is -2.04. The predicted molar refractivity (Wildman–Crippen MR) is 78.0 cm³/mol. The largest absolute Gasteiger partial charge is 0.508 e. The molecule has 7 nitrogen and oxygen atoms in total. The summed E-state index contributed by atoms with van der Waals surface area (Å²) >= 11 is 0. The first kappa shape index (κ1) is 18.4. The van der Waals surface area contributed by atoms with Crippen molar-refractivity contribution in [2.45, 2.75) is 44.3 Å². The highest BCUT2D eigenvalue weighted by atomic mass is 32.2. The van der Waals surface area contributed by atoms with Crippen molar-refractivity contribution < 1.29 is 32.7 Å². The number of carboxylic acid groups (broad SMARTS) is 1. The number of carbonyl (C=O) groups is 1. The van der Waals surface area contributed by atoms with E-state index in [1.165, 1.54) is 32.9 Å². The van der Waals surface area contributed by atoms with Crippen LogP contribution in [0.3, 0.4) is 0 Å². The lowest BCUT2D eigenvalue weighted by molar-refractivity contribution is -0.171. The van der Waals surface area contributed by atoms with Gasteiger partial charge < -0.3 is 15.3 Å². The van der Waals surface area contributed by atoms with Crippen molar-refractivity contribution >= 4 is 16.1 Å². The fourth-order valence-electron chi connectivity index (χ4n) is 2.19. The zero-order valence-corrected chi connectivity index (χ0v) is 13.6. The molecule has 0 heterocycles. The zero-order valence-electron chi connectivity index (χ0n) is 12.8. The lowest BCUT2D eigenvalue weighted by Crippen LogP contribution is -2.55. The molecule has 0 radical (unpaired) electrons. The van der Waals surface area contributed by atoms with Gasteiger partial charge in [-0.3, -0.25) is 0 Å². The summed E-state index contributed by atoms with van der Waals surface area (Å²) in [4.78, 5) is 11.2. The highest BCUT2D eigenvalue weighted by Gasteiger charge is 2.51. The fraction of sp³-hybridized carbons (Fsp3) is 0.500. The molecule has 8 heteroatoms. The summed E-state index contributed by atoms with van der Waals surface area (Å²) < 4.78 is 29.8. The molecule has 124 valence electrons. The molecule has 0 spiro atoms. The minimum absolute atomic E-state index is 0.284. The third-order valence-electron chi connectivity index (χ3n) is 3.50. The summed E-state index contributed by atoms with van der Waals surface area (Å²) in [7, 11) is -4.51. The maximum atomic E-state index is 12.4. The fourth-order valence-corrected chi connectivity index (χ4v) is 3.78. The molecule has 3 N–H and O–H groups in total. The molecule has 0 fully saturated rings. The SMILES string of the molecule is Cc1ccc(O)cc1S(=O)(=O)OC(C(=O)O)(C(C)C)C(C)O. The van der Waals surface area contributed by atoms with E-state index in [0.29, 0.717) is 0 Å². The highest BCUT2D eigenvalue weighted by molar-refractivity contribution is 7.86. The Balaban J connectivity index is 3.45. The summed E-state index contributed by atoms with van der Waals surface area (Å²) in [6, 6.07) is 3.64. The van der Waals surface area contributed by atoms with Gasteiger partial charge in [-0.05, 0) is 31.4 Å². The predicted octanol–water partition coefficient (Wildman–Crippen LogP) is 1.27. The van der Waals surface area contributed by atoms with Crippen LogP contribution in [-0.2, 0) is 19.1 Å². The monoisotopic (exact) mass is 332 g/mol. The van der Waals surface area contributed by atoms with E-state index >= 15 is 0 Å². The molecule has 2 atom stereocenters. The van der Waals surface area contributed by atoms with Gasteiger partial charge in [0.2, 0.25) is 5.60 Å². The van der Waals surface area contributed by atoms with Crippen molar-refractivity contribution in [1.29, 1.82) is 0 Å². The van der Waals surface area contributed by atoms with Crippen LogP contribution < -0.4 is 0 Å². The zero-order chi connectivity index (χ0) is 17.3. The number of aryl methyl sites for hydroxylation is 1. The second-order valence-electron chi connectivity index (χ2n) is 5.42. The number of aliphatic hydroxyl groups is 1. The van der Waals surface area contributed by atoms with Gasteiger partial charge in [-0.25, -0.2) is 8.98 Å². The number of hydrogen-bond donors (Lipinski definition) is 3. The molecule has 0 bridgehead atoms. The third-order valence-corrected chi connectivity index (χ3v) is 4.97. The van der Waals surface area contributed by atoms with Gasteiger partial charge in [0.15, 0.2) is 0 Å². The topological polar surface area (TPSA) is 121 Å². The smallest absolute Gasteiger partial charge is 0.340 e. The van der Waals surface area contributed by atoms with Crippen molar-refractivity contribution in [3.05, 3.63) is 23.8 Å². The molecule has 0 saturated carbocycles. The van der Waals surface area contributed by atoms with Crippen LogP contribution in [0.4, 0.5) is 0 Å². The number of phenols is 1. The van der Waals surface area contributed by atoms with Gasteiger partial charge in [-0.2, -0.15) is 8.42 Å². The Labute approximate surface area is 129 Å². The van der Waals surface area contributed by atoms with Crippen molar-refractivity contribution in [2.75, 3.05) is 0 Å². The van der Waals surface area contributed by atoms with E-state index in [0.717, 1.165) is 13.0 Å². The second kappa shape index (κ2) is 6.23. The number of rotatable bonds is 6.